The van der Waals surface area contributed by atoms with Crippen LogP contribution in [-0.4, -0.2) is 41.7 Å². The molecule has 0 bridgehead atoms. The zero-order chi connectivity index (χ0) is 22.5. The molecule has 1 fully saturated rings. The molecule has 2 unspecified atom stereocenters. The number of nitrogens with one attached hydrogen (secondary N) is 2. The lowest BCUT2D eigenvalue weighted by molar-refractivity contribution is -0.120. The number of hydrogen-bond donors (Lipinski definition) is 2. The number of amidine groups is 1. The van der Waals surface area contributed by atoms with Crippen molar-refractivity contribution in [3.63, 3.8) is 0 Å². The van der Waals surface area contributed by atoms with Crippen LogP contribution in [0.3, 0.4) is 0 Å². The van der Waals surface area contributed by atoms with E-state index in [9.17, 15) is 9.59 Å². The third-order valence-corrected chi connectivity index (χ3v) is 5.97. The molecule has 2 aromatic carbocycles. The number of nitrogens with zero attached hydrogens (tertiary/aromatic N) is 3. The Balaban J connectivity index is 1.33. The average molecular weight is 434 g/mol. The largest absolute Gasteiger partial charge is 0.345 e. The first kappa shape index (κ1) is 22.0. The van der Waals surface area contributed by atoms with Gasteiger partial charge in [-0.1, -0.05) is 49.4 Å². The number of benzene rings is 2. The molecule has 2 N–H and O–H groups in total. The smallest absolute Gasteiger partial charge is 0.288 e. The van der Waals surface area contributed by atoms with Crippen LogP contribution in [0.5, 0.6) is 0 Å². The van der Waals surface area contributed by atoms with Crippen LogP contribution in [0.25, 0.3) is 0 Å². The third kappa shape index (κ3) is 5.34. The summed E-state index contributed by atoms with van der Waals surface area (Å²) in [6.07, 6.45) is 2.60. The molecule has 2 amide bonds. The number of carbonyl (C=O) groups is 2. The van der Waals surface area contributed by atoms with Crippen molar-refractivity contribution in [2.75, 3.05) is 18.1 Å². The monoisotopic (exact) mass is 433 g/mol. The van der Waals surface area contributed by atoms with E-state index in [1.54, 1.807) is 6.92 Å². The molecule has 1 saturated heterocycles. The molecule has 0 spiro atoms. The molecule has 4 rings (SSSR count). The molecule has 32 heavy (non-hydrogen) atoms. The van der Waals surface area contributed by atoms with Gasteiger partial charge >= 0.3 is 0 Å². The van der Waals surface area contributed by atoms with Gasteiger partial charge in [-0.05, 0) is 55.5 Å². The quantitative estimate of drug-likeness (QED) is 0.735. The lowest BCUT2D eigenvalue weighted by Crippen LogP contribution is -2.57. The van der Waals surface area contributed by atoms with Gasteiger partial charge < -0.3 is 5.32 Å². The minimum Gasteiger partial charge on any atom is -0.345 e. The summed E-state index contributed by atoms with van der Waals surface area (Å²) in [6, 6.07) is 16.9. The summed E-state index contributed by atoms with van der Waals surface area (Å²) >= 11 is 0. The Bertz CT molecular complexity index is 974. The van der Waals surface area contributed by atoms with E-state index < -0.39 is 6.04 Å². The van der Waals surface area contributed by atoms with Gasteiger partial charge in [-0.2, -0.15) is 0 Å². The second-order valence-electron chi connectivity index (χ2n) is 8.76. The Hall–Kier alpha value is -3.19. The number of rotatable bonds is 6. The summed E-state index contributed by atoms with van der Waals surface area (Å²) in [6.45, 7) is 7.70. The summed E-state index contributed by atoms with van der Waals surface area (Å²) in [7, 11) is 0. The van der Waals surface area contributed by atoms with E-state index in [4.69, 9.17) is 0 Å². The Morgan fingerprint density at radius 2 is 1.81 bits per heavy atom. The van der Waals surface area contributed by atoms with Crippen molar-refractivity contribution < 1.29 is 9.59 Å². The van der Waals surface area contributed by atoms with Crippen LogP contribution in [0.15, 0.2) is 59.6 Å². The van der Waals surface area contributed by atoms with Crippen molar-refractivity contribution >= 4 is 23.3 Å². The van der Waals surface area contributed by atoms with Gasteiger partial charge in [0.2, 0.25) is 5.84 Å². The predicted molar refractivity (Wildman–Crippen MR) is 126 cm³/mol. The van der Waals surface area contributed by atoms with Crippen LogP contribution in [0.4, 0.5) is 5.69 Å². The van der Waals surface area contributed by atoms with E-state index in [0.717, 1.165) is 31.1 Å². The predicted octanol–water partition coefficient (Wildman–Crippen LogP) is 2.87. The van der Waals surface area contributed by atoms with E-state index >= 15 is 0 Å². The van der Waals surface area contributed by atoms with Crippen molar-refractivity contribution in [1.29, 1.82) is 0 Å². The fourth-order valence-corrected chi connectivity index (χ4v) is 4.22. The van der Waals surface area contributed by atoms with E-state index in [-0.39, 0.29) is 17.6 Å². The first-order valence-corrected chi connectivity index (χ1v) is 11.3. The second-order valence-corrected chi connectivity index (χ2v) is 8.76. The number of para-hydroxylation sites is 1. The fraction of sp³-hybridized carbons (Fsp3) is 0.400. The number of amides is 2. The normalized spacial score (nSPS) is 21.6. The fourth-order valence-electron chi connectivity index (χ4n) is 4.22. The van der Waals surface area contributed by atoms with Crippen LogP contribution in [0.2, 0.25) is 0 Å². The van der Waals surface area contributed by atoms with Gasteiger partial charge in [0.05, 0.1) is 5.69 Å². The molecule has 168 valence electrons. The lowest BCUT2D eigenvalue weighted by atomic mass is 9.99. The van der Waals surface area contributed by atoms with Crippen molar-refractivity contribution in [2.24, 2.45) is 10.9 Å². The standard InChI is InChI=1S/C25H31N5O2/c1-18-7-6-14-29(16-18)17-21-12-10-20(11-13-21)15-26-24(31)23-27-19(2)25(32)30(28-23)22-8-4-3-5-9-22/h3-5,8-13,18-19H,6-7,14-17H2,1-2H3,(H,26,31)(H,27,28). The SMILES string of the molecule is CC1CCCN(Cc2ccc(CNC(=O)C3=NC(C)C(=O)N(c4ccccc4)N3)cc2)C1. The van der Waals surface area contributed by atoms with E-state index in [2.05, 4.69) is 51.8 Å². The van der Waals surface area contributed by atoms with E-state index in [1.165, 1.54) is 23.4 Å². The van der Waals surface area contributed by atoms with Crippen molar-refractivity contribution in [2.45, 2.75) is 45.8 Å². The number of hydrazine groups is 1. The Labute approximate surface area is 189 Å². The summed E-state index contributed by atoms with van der Waals surface area (Å²) in [5.41, 5.74) is 5.84. The molecule has 0 aromatic heterocycles. The maximum atomic E-state index is 12.7. The number of carbonyl (C=O) groups excluding carboxylic acids is 2. The van der Waals surface area contributed by atoms with Crippen LogP contribution < -0.4 is 15.8 Å². The summed E-state index contributed by atoms with van der Waals surface area (Å²) < 4.78 is 0. The first-order valence-electron chi connectivity index (χ1n) is 11.3. The van der Waals surface area contributed by atoms with Crippen molar-refractivity contribution in [3.05, 3.63) is 65.7 Å². The highest BCUT2D eigenvalue weighted by atomic mass is 16.2. The Morgan fingerprint density at radius 1 is 1.09 bits per heavy atom. The highest BCUT2D eigenvalue weighted by Crippen LogP contribution is 2.18. The molecule has 2 aliphatic rings. The molecule has 2 atom stereocenters. The van der Waals surface area contributed by atoms with Gasteiger partial charge in [-0.15, -0.1) is 0 Å². The van der Waals surface area contributed by atoms with Gasteiger partial charge in [0.25, 0.3) is 11.8 Å². The van der Waals surface area contributed by atoms with Gasteiger partial charge in [0.1, 0.15) is 6.04 Å². The number of hydrogen-bond acceptors (Lipinski definition) is 5. The van der Waals surface area contributed by atoms with Crippen LogP contribution >= 0.6 is 0 Å². The molecule has 0 aliphatic carbocycles. The number of aliphatic imine (C=N–C) groups is 1. The zero-order valence-corrected chi connectivity index (χ0v) is 18.8. The third-order valence-electron chi connectivity index (χ3n) is 5.97. The topological polar surface area (TPSA) is 77.0 Å². The molecule has 7 heteroatoms. The molecule has 0 radical (unpaired) electrons. The van der Waals surface area contributed by atoms with Gasteiger partial charge in [-0.25, -0.2) is 10.0 Å². The molecule has 2 heterocycles. The van der Waals surface area contributed by atoms with Gasteiger partial charge in [0, 0.05) is 19.6 Å². The zero-order valence-electron chi connectivity index (χ0n) is 18.8. The second kappa shape index (κ2) is 9.96. The molecule has 0 saturated carbocycles. The van der Waals surface area contributed by atoms with Crippen molar-refractivity contribution in [3.8, 4) is 0 Å². The van der Waals surface area contributed by atoms with Gasteiger partial charge in [-0.3, -0.25) is 19.9 Å². The molecule has 2 aromatic rings. The molecular weight excluding hydrogens is 402 g/mol. The lowest BCUT2D eigenvalue weighted by Gasteiger charge is -2.30. The number of piperidine rings is 1. The molecular formula is C25H31N5O2. The molecule has 2 aliphatic heterocycles. The Kier molecular flexibility index (Phi) is 6.85. The summed E-state index contributed by atoms with van der Waals surface area (Å²) in [5, 5.41) is 4.28. The maximum absolute atomic E-state index is 12.7. The van der Waals surface area contributed by atoms with E-state index in [1.807, 2.05) is 30.3 Å². The van der Waals surface area contributed by atoms with E-state index in [0.29, 0.717) is 12.2 Å². The Morgan fingerprint density at radius 3 is 2.53 bits per heavy atom. The maximum Gasteiger partial charge on any atom is 0.288 e. The minimum atomic E-state index is -0.631. The minimum absolute atomic E-state index is 0.136. The summed E-state index contributed by atoms with van der Waals surface area (Å²) in [5.74, 6) is 0.366. The summed E-state index contributed by atoms with van der Waals surface area (Å²) in [4.78, 5) is 31.9. The first-order chi connectivity index (χ1) is 15.5. The van der Waals surface area contributed by atoms with Crippen LogP contribution in [-0.2, 0) is 22.7 Å². The highest BCUT2D eigenvalue weighted by Gasteiger charge is 2.30. The highest BCUT2D eigenvalue weighted by molar-refractivity contribution is 6.39. The number of likely N-dealkylation sites (tertiary alicyclic amines) is 1. The van der Waals surface area contributed by atoms with Crippen LogP contribution in [0, 0.1) is 5.92 Å². The molecule has 7 nitrogen and oxygen atoms in total. The van der Waals surface area contributed by atoms with Gasteiger partial charge in [0.15, 0.2) is 0 Å². The van der Waals surface area contributed by atoms with Crippen molar-refractivity contribution in [1.82, 2.24) is 15.6 Å². The number of anilines is 1. The average Bonchev–Trinajstić information content (AvgIpc) is 2.80. The van der Waals surface area contributed by atoms with Crippen LogP contribution in [0.1, 0.15) is 37.8 Å².